The van der Waals surface area contributed by atoms with Crippen LogP contribution in [0, 0.1) is 0 Å². The average Bonchev–Trinajstić information content (AvgIpc) is 2.46. The number of benzene rings is 2. The fourth-order valence-corrected chi connectivity index (χ4v) is 2.31. The first-order valence-electron chi connectivity index (χ1n) is 6.39. The van der Waals surface area contributed by atoms with E-state index in [2.05, 4.69) is 0 Å². The second-order valence-electron chi connectivity index (χ2n) is 4.30. The van der Waals surface area contributed by atoms with Crippen LogP contribution in [0.5, 0.6) is 11.5 Å². The topological polar surface area (TPSA) is 35.5 Å². The number of hydrogen-bond donors (Lipinski definition) is 0. The van der Waals surface area contributed by atoms with E-state index in [0.29, 0.717) is 27.1 Å². The van der Waals surface area contributed by atoms with Gasteiger partial charge in [-0.15, -0.1) is 0 Å². The third-order valence-electron chi connectivity index (χ3n) is 2.77. The molecule has 0 aliphatic heterocycles. The maximum absolute atomic E-state index is 11.5. The van der Waals surface area contributed by atoms with Gasteiger partial charge in [0, 0.05) is 0 Å². The van der Waals surface area contributed by atoms with E-state index < -0.39 is 0 Å². The van der Waals surface area contributed by atoms with Crippen LogP contribution in [0.15, 0.2) is 42.5 Å². The standard InChI is InChI=1S/C16H14Cl2O3/c1-11(19)12-5-2-3-8-15(12)20-9-10-21-16-13(17)6-4-7-14(16)18/h2-8H,9-10H2,1H3. The first-order valence-corrected chi connectivity index (χ1v) is 7.14. The largest absolute Gasteiger partial charge is 0.489 e. The van der Waals surface area contributed by atoms with E-state index >= 15 is 0 Å². The summed E-state index contributed by atoms with van der Waals surface area (Å²) in [6, 6.07) is 12.2. The number of para-hydroxylation sites is 2. The zero-order chi connectivity index (χ0) is 15.2. The molecule has 0 heterocycles. The summed E-state index contributed by atoms with van der Waals surface area (Å²) >= 11 is 12.0. The van der Waals surface area contributed by atoms with Crippen LogP contribution in [0.1, 0.15) is 17.3 Å². The fraction of sp³-hybridized carbons (Fsp3) is 0.188. The van der Waals surface area contributed by atoms with E-state index in [1.165, 1.54) is 6.92 Å². The summed E-state index contributed by atoms with van der Waals surface area (Å²) in [5.41, 5.74) is 0.549. The Morgan fingerprint density at radius 3 is 2.24 bits per heavy atom. The molecule has 0 saturated carbocycles. The number of ether oxygens (including phenoxy) is 2. The number of rotatable bonds is 6. The minimum absolute atomic E-state index is 0.0410. The maximum Gasteiger partial charge on any atom is 0.163 e. The van der Waals surface area contributed by atoms with E-state index in [1.54, 1.807) is 36.4 Å². The lowest BCUT2D eigenvalue weighted by Gasteiger charge is -2.12. The van der Waals surface area contributed by atoms with Crippen molar-refractivity contribution in [3.63, 3.8) is 0 Å². The van der Waals surface area contributed by atoms with Gasteiger partial charge in [0.05, 0.1) is 15.6 Å². The average molecular weight is 325 g/mol. The van der Waals surface area contributed by atoms with Crippen molar-refractivity contribution in [1.29, 1.82) is 0 Å². The first kappa shape index (κ1) is 15.7. The van der Waals surface area contributed by atoms with E-state index in [-0.39, 0.29) is 19.0 Å². The van der Waals surface area contributed by atoms with Gasteiger partial charge in [0.2, 0.25) is 0 Å². The van der Waals surface area contributed by atoms with Gasteiger partial charge in [-0.25, -0.2) is 0 Å². The minimum atomic E-state index is -0.0410. The van der Waals surface area contributed by atoms with Gasteiger partial charge in [-0.05, 0) is 31.2 Å². The van der Waals surface area contributed by atoms with Crippen LogP contribution in [0.25, 0.3) is 0 Å². The molecule has 3 nitrogen and oxygen atoms in total. The smallest absolute Gasteiger partial charge is 0.163 e. The molecule has 2 rings (SSSR count). The van der Waals surface area contributed by atoms with Crippen molar-refractivity contribution in [2.75, 3.05) is 13.2 Å². The molecule has 110 valence electrons. The van der Waals surface area contributed by atoms with Crippen LogP contribution < -0.4 is 9.47 Å². The second-order valence-corrected chi connectivity index (χ2v) is 5.11. The van der Waals surface area contributed by atoms with Crippen molar-refractivity contribution in [2.24, 2.45) is 0 Å². The van der Waals surface area contributed by atoms with Gasteiger partial charge >= 0.3 is 0 Å². The number of carbonyl (C=O) groups is 1. The lowest BCUT2D eigenvalue weighted by Crippen LogP contribution is -2.11. The van der Waals surface area contributed by atoms with E-state index in [4.69, 9.17) is 32.7 Å². The Balaban J connectivity index is 1.92. The van der Waals surface area contributed by atoms with Gasteiger partial charge in [-0.2, -0.15) is 0 Å². The van der Waals surface area contributed by atoms with Crippen LogP contribution in [-0.4, -0.2) is 19.0 Å². The summed E-state index contributed by atoms with van der Waals surface area (Å²) in [5, 5.41) is 0.901. The van der Waals surface area contributed by atoms with Crippen LogP contribution in [0.4, 0.5) is 0 Å². The Morgan fingerprint density at radius 2 is 1.57 bits per heavy atom. The third kappa shape index (κ3) is 4.13. The Morgan fingerprint density at radius 1 is 0.952 bits per heavy atom. The fourth-order valence-electron chi connectivity index (χ4n) is 1.80. The van der Waals surface area contributed by atoms with Crippen LogP contribution in [-0.2, 0) is 0 Å². The Hall–Kier alpha value is -1.71. The van der Waals surface area contributed by atoms with Crippen molar-refractivity contribution in [3.8, 4) is 11.5 Å². The molecule has 2 aromatic rings. The highest BCUT2D eigenvalue weighted by molar-refractivity contribution is 6.37. The highest BCUT2D eigenvalue weighted by Crippen LogP contribution is 2.32. The number of carbonyl (C=O) groups excluding carboxylic acids is 1. The van der Waals surface area contributed by atoms with Gasteiger partial charge in [0.15, 0.2) is 11.5 Å². The Labute approximate surface area is 133 Å². The quantitative estimate of drug-likeness (QED) is 0.573. The Kier molecular flexibility index (Phi) is 5.48. The molecular formula is C16H14Cl2O3. The summed E-state index contributed by atoms with van der Waals surface area (Å²) < 4.78 is 11.1. The molecule has 0 aliphatic carbocycles. The highest BCUT2D eigenvalue weighted by Gasteiger charge is 2.09. The number of hydrogen-bond acceptors (Lipinski definition) is 3. The molecule has 0 bridgehead atoms. The Bertz CT molecular complexity index is 621. The lowest BCUT2D eigenvalue weighted by atomic mass is 10.1. The molecule has 0 spiro atoms. The first-order chi connectivity index (χ1) is 10.1. The predicted molar refractivity (Wildman–Crippen MR) is 83.9 cm³/mol. The van der Waals surface area contributed by atoms with E-state index in [0.717, 1.165) is 0 Å². The maximum atomic E-state index is 11.5. The molecule has 0 radical (unpaired) electrons. The van der Waals surface area contributed by atoms with Crippen molar-refractivity contribution in [1.82, 2.24) is 0 Å². The summed E-state index contributed by atoms with van der Waals surface area (Å²) in [6.07, 6.45) is 0. The van der Waals surface area contributed by atoms with E-state index in [1.807, 2.05) is 6.07 Å². The molecule has 0 N–H and O–H groups in total. The molecule has 0 aromatic heterocycles. The van der Waals surface area contributed by atoms with Crippen LogP contribution >= 0.6 is 23.2 Å². The summed E-state index contributed by atoms with van der Waals surface area (Å²) in [5.74, 6) is 0.934. The van der Waals surface area contributed by atoms with Gasteiger partial charge in [0.1, 0.15) is 19.0 Å². The molecule has 0 atom stereocenters. The number of ketones is 1. The molecule has 2 aromatic carbocycles. The molecular weight excluding hydrogens is 311 g/mol. The molecule has 0 saturated heterocycles. The summed E-state index contributed by atoms with van der Waals surface area (Å²) in [7, 11) is 0. The van der Waals surface area contributed by atoms with Crippen LogP contribution in [0.3, 0.4) is 0 Å². The van der Waals surface area contributed by atoms with Gasteiger partial charge < -0.3 is 9.47 Å². The van der Waals surface area contributed by atoms with Gasteiger partial charge in [-0.1, -0.05) is 41.4 Å². The summed E-state index contributed by atoms with van der Waals surface area (Å²) in [6.45, 7) is 2.06. The zero-order valence-electron chi connectivity index (χ0n) is 11.4. The summed E-state index contributed by atoms with van der Waals surface area (Å²) in [4.78, 5) is 11.5. The second kappa shape index (κ2) is 7.34. The molecule has 5 heteroatoms. The molecule has 21 heavy (non-hydrogen) atoms. The number of Topliss-reactive ketones (excluding diaryl/α,β-unsaturated/α-hetero) is 1. The minimum Gasteiger partial charge on any atom is -0.489 e. The van der Waals surface area contributed by atoms with Crippen molar-refractivity contribution < 1.29 is 14.3 Å². The lowest BCUT2D eigenvalue weighted by molar-refractivity contribution is 0.101. The van der Waals surface area contributed by atoms with Gasteiger partial charge in [0.25, 0.3) is 0 Å². The molecule has 0 unspecified atom stereocenters. The van der Waals surface area contributed by atoms with E-state index in [9.17, 15) is 4.79 Å². The van der Waals surface area contributed by atoms with Crippen molar-refractivity contribution in [3.05, 3.63) is 58.1 Å². The predicted octanol–water partition coefficient (Wildman–Crippen LogP) is 4.65. The zero-order valence-corrected chi connectivity index (χ0v) is 12.9. The normalized spacial score (nSPS) is 10.2. The molecule has 0 aliphatic rings. The molecule has 0 fully saturated rings. The van der Waals surface area contributed by atoms with Crippen molar-refractivity contribution >= 4 is 29.0 Å². The highest BCUT2D eigenvalue weighted by atomic mass is 35.5. The van der Waals surface area contributed by atoms with Gasteiger partial charge in [-0.3, -0.25) is 4.79 Å². The SMILES string of the molecule is CC(=O)c1ccccc1OCCOc1c(Cl)cccc1Cl. The monoisotopic (exact) mass is 324 g/mol. The third-order valence-corrected chi connectivity index (χ3v) is 3.37. The van der Waals surface area contributed by atoms with Crippen molar-refractivity contribution in [2.45, 2.75) is 6.92 Å². The molecule has 0 amide bonds. The number of halogens is 2. The van der Waals surface area contributed by atoms with Crippen LogP contribution in [0.2, 0.25) is 10.0 Å².